The predicted molar refractivity (Wildman–Crippen MR) is 71.2 cm³/mol. The molecule has 2 N–H and O–H groups in total. The molecular formula is C11H19F3N4O2S. The molecule has 0 aromatic carbocycles. The second-order valence-corrected chi connectivity index (χ2v) is 6.61. The van der Waals surface area contributed by atoms with Crippen LogP contribution in [-0.2, 0) is 16.6 Å². The van der Waals surface area contributed by atoms with Crippen LogP contribution < -0.4 is 10.0 Å². The van der Waals surface area contributed by atoms with Gasteiger partial charge < -0.3 is 5.32 Å². The van der Waals surface area contributed by atoms with Crippen LogP contribution in [0.1, 0.15) is 20.3 Å². The third-order valence-corrected chi connectivity index (χ3v) is 3.85. The fourth-order valence-electron chi connectivity index (χ4n) is 1.50. The van der Waals surface area contributed by atoms with Crippen molar-refractivity contribution in [2.75, 3.05) is 13.1 Å². The summed E-state index contributed by atoms with van der Waals surface area (Å²) >= 11 is 0. The second-order valence-electron chi connectivity index (χ2n) is 4.84. The van der Waals surface area contributed by atoms with Crippen LogP contribution in [0.15, 0.2) is 17.3 Å². The molecule has 0 spiro atoms. The Kier molecular flexibility index (Phi) is 6.17. The molecule has 0 radical (unpaired) electrons. The molecule has 21 heavy (non-hydrogen) atoms. The standard InChI is InChI=1S/C11H19F3N4O2S/c1-9(2)15-4-3-5-18-7-10(6-16-18)21(19,20)17-8-11(12,13)14/h6-7,9,15,17H,3-5,8H2,1-2H3. The van der Waals surface area contributed by atoms with E-state index in [0.717, 1.165) is 19.2 Å². The van der Waals surface area contributed by atoms with E-state index in [2.05, 4.69) is 10.4 Å². The average molecular weight is 328 g/mol. The molecule has 6 nitrogen and oxygen atoms in total. The van der Waals surface area contributed by atoms with Crippen molar-refractivity contribution < 1.29 is 21.6 Å². The molecule has 0 saturated carbocycles. The van der Waals surface area contributed by atoms with Gasteiger partial charge in [0.2, 0.25) is 10.0 Å². The van der Waals surface area contributed by atoms with Crippen LogP contribution in [0.3, 0.4) is 0 Å². The Morgan fingerprint density at radius 3 is 2.62 bits per heavy atom. The average Bonchev–Trinajstić information content (AvgIpc) is 2.81. The number of alkyl halides is 3. The molecule has 0 aliphatic carbocycles. The molecule has 0 atom stereocenters. The molecule has 0 saturated heterocycles. The molecule has 1 rings (SSSR count). The first-order valence-corrected chi connectivity index (χ1v) is 7.91. The molecule has 122 valence electrons. The van der Waals surface area contributed by atoms with E-state index < -0.39 is 22.7 Å². The lowest BCUT2D eigenvalue weighted by molar-refractivity contribution is -0.121. The van der Waals surface area contributed by atoms with Gasteiger partial charge in [-0.2, -0.15) is 18.3 Å². The molecular weight excluding hydrogens is 309 g/mol. The third-order valence-electron chi connectivity index (χ3n) is 2.50. The monoisotopic (exact) mass is 328 g/mol. The minimum atomic E-state index is -4.59. The lowest BCUT2D eigenvalue weighted by Gasteiger charge is -2.08. The van der Waals surface area contributed by atoms with Gasteiger partial charge in [-0.05, 0) is 13.0 Å². The molecule has 0 amide bonds. The fourth-order valence-corrected chi connectivity index (χ4v) is 2.46. The maximum atomic E-state index is 12.0. The smallest absolute Gasteiger partial charge is 0.314 e. The summed E-state index contributed by atoms with van der Waals surface area (Å²) in [6.07, 6.45) is -1.61. The van der Waals surface area contributed by atoms with Gasteiger partial charge >= 0.3 is 6.18 Å². The van der Waals surface area contributed by atoms with Gasteiger partial charge in [0.05, 0.1) is 6.20 Å². The van der Waals surface area contributed by atoms with Gasteiger partial charge in [-0.3, -0.25) is 4.68 Å². The second kappa shape index (κ2) is 7.23. The van der Waals surface area contributed by atoms with Gasteiger partial charge in [0.1, 0.15) is 11.4 Å². The highest BCUT2D eigenvalue weighted by molar-refractivity contribution is 7.89. The van der Waals surface area contributed by atoms with Crippen LogP contribution >= 0.6 is 0 Å². The van der Waals surface area contributed by atoms with Crippen molar-refractivity contribution in [1.29, 1.82) is 0 Å². The molecule has 1 heterocycles. The van der Waals surface area contributed by atoms with E-state index in [4.69, 9.17) is 0 Å². The molecule has 0 aliphatic rings. The summed E-state index contributed by atoms with van der Waals surface area (Å²) < 4.78 is 62.2. The zero-order chi connectivity index (χ0) is 16.1. The lowest BCUT2D eigenvalue weighted by Crippen LogP contribution is -2.33. The number of halogens is 3. The van der Waals surface area contributed by atoms with Crippen molar-refractivity contribution in [3.63, 3.8) is 0 Å². The Morgan fingerprint density at radius 1 is 1.38 bits per heavy atom. The molecule has 0 aliphatic heterocycles. The number of aromatic nitrogens is 2. The highest BCUT2D eigenvalue weighted by Crippen LogP contribution is 2.15. The number of nitrogens with one attached hydrogen (secondary N) is 2. The topological polar surface area (TPSA) is 76.0 Å². The number of hydrogen-bond acceptors (Lipinski definition) is 4. The number of aryl methyl sites for hydroxylation is 1. The van der Waals surface area contributed by atoms with E-state index in [1.54, 1.807) is 0 Å². The van der Waals surface area contributed by atoms with E-state index in [1.807, 2.05) is 13.8 Å². The van der Waals surface area contributed by atoms with Crippen molar-refractivity contribution in [3.05, 3.63) is 12.4 Å². The number of nitrogens with zero attached hydrogens (tertiary/aromatic N) is 2. The summed E-state index contributed by atoms with van der Waals surface area (Å²) in [5, 5.41) is 7.03. The summed E-state index contributed by atoms with van der Waals surface area (Å²) in [6, 6.07) is 0.352. The maximum absolute atomic E-state index is 12.0. The van der Waals surface area contributed by atoms with Crippen LogP contribution in [0.5, 0.6) is 0 Å². The van der Waals surface area contributed by atoms with Crippen LogP contribution in [0.2, 0.25) is 0 Å². The quantitative estimate of drug-likeness (QED) is 0.701. The van der Waals surface area contributed by atoms with E-state index >= 15 is 0 Å². The largest absolute Gasteiger partial charge is 0.402 e. The Balaban J connectivity index is 2.53. The lowest BCUT2D eigenvalue weighted by atomic mass is 10.3. The van der Waals surface area contributed by atoms with E-state index in [0.29, 0.717) is 12.6 Å². The van der Waals surface area contributed by atoms with Crippen molar-refractivity contribution in [3.8, 4) is 0 Å². The molecule has 1 aromatic heterocycles. The Labute approximate surface area is 121 Å². The van der Waals surface area contributed by atoms with Crippen LogP contribution in [0.4, 0.5) is 13.2 Å². The summed E-state index contributed by atoms with van der Waals surface area (Å²) in [5.74, 6) is 0. The third kappa shape index (κ3) is 6.91. The van der Waals surface area contributed by atoms with Gasteiger partial charge in [-0.15, -0.1) is 0 Å². The first kappa shape index (κ1) is 17.9. The highest BCUT2D eigenvalue weighted by atomic mass is 32.2. The van der Waals surface area contributed by atoms with Crippen LogP contribution in [-0.4, -0.2) is 43.5 Å². The first-order chi connectivity index (χ1) is 9.60. The number of sulfonamides is 1. The van der Waals surface area contributed by atoms with Gasteiger partial charge in [0.25, 0.3) is 0 Å². The van der Waals surface area contributed by atoms with Crippen LogP contribution in [0, 0.1) is 0 Å². The molecule has 0 fully saturated rings. The van der Waals surface area contributed by atoms with Crippen LogP contribution in [0.25, 0.3) is 0 Å². The number of rotatable bonds is 8. The van der Waals surface area contributed by atoms with Crippen molar-refractivity contribution in [2.45, 2.75) is 43.9 Å². The SMILES string of the molecule is CC(C)NCCCn1cc(S(=O)(=O)NCC(F)(F)F)cn1. The Morgan fingerprint density at radius 2 is 2.05 bits per heavy atom. The Hall–Kier alpha value is -1.13. The summed E-state index contributed by atoms with van der Waals surface area (Å²) in [4.78, 5) is -0.274. The van der Waals surface area contributed by atoms with Crippen molar-refractivity contribution >= 4 is 10.0 Å². The highest BCUT2D eigenvalue weighted by Gasteiger charge is 2.30. The van der Waals surface area contributed by atoms with Gasteiger partial charge in [-0.1, -0.05) is 13.8 Å². The summed E-state index contributed by atoms with van der Waals surface area (Å²) in [5.41, 5.74) is 0. The molecule has 0 bridgehead atoms. The molecule has 10 heteroatoms. The van der Waals surface area contributed by atoms with Crippen molar-refractivity contribution in [1.82, 2.24) is 19.8 Å². The Bertz CT molecular complexity index is 540. The fraction of sp³-hybridized carbons (Fsp3) is 0.727. The van der Waals surface area contributed by atoms with Gasteiger partial charge in [0.15, 0.2) is 0 Å². The maximum Gasteiger partial charge on any atom is 0.402 e. The van der Waals surface area contributed by atoms with E-state index in [-0.39, 0.29) is 4.90 Å². The van der Waals surface area contributed by atoms with Gasteiger partial charge in [0, 0.05) is 18.8 Å². The van der Waals surface area contributed by atoms with Gasteiger partial charge in [-0.25, -0.2) is 13.1 Å². The zero-order valence-corrected chi connectivity index (χ0v) is 12.6. The zero-order valence-electron chi connectivity index (χ0n) is 11.8. The summed E-state index contributed by atoms with van der Waals surface area (Å²) in [6.45, 7) is 3.63. The predicted octanol–water partition coefficient (Wildman–Crippen LogP) is 1.11. The molecule has 0 unspecified atom stereocenters. The normalized spacial score (nSPS) is 13.0. The minimum absolute atomic E-state index is 0.274. The summed E-state index contributed by atoms with van der Waals surface area (Å²) in [7, 11) is -4.19. The van der Waals surface area contributed by atoms with E-state index in [9.17, 15) is 21.6 Å². The molecule has 1 aromatic rings. The first-order valence-electron chi connectivity index (χ1n) is 6.42. The minimum Gasteiger partial charge on any atom is -0.314 e. The van der Waals surface area contributed by atoms with E-state index in [1.165, 1.54) is 15.6 Å². The number of hydrogen-bond donors (Lipinski definition) is 2. The van der Waals surface area contributed by atoms with Crippen molar-refractivity contribution in [2.24, 2.45) is 0 Å².